The van der Waals surface area contributed by atoms with Crippen LogP contribution in [0.1, 0.15) is 16.1 Å². The van der Waals surface area contributed by atoms with Gasteiger partial charge in [0, 0.05) is 17.7 Å². The Labute approximate surface area is 107 Å². The number of benzene rings is 1. The first-order valence-electron chi connectivity index (χ1n) is 5.29. The number of nitro benzene ring substituents is 1. The average Bonchev–Trinajstić information content (AvgIpc) is 2.88. The number of anilines is 1. The quantitative estimate of drug-likeness (QED) is 0.482. The number of nitro groups is 1. The van der Waals surface area contributed by atoms with Gasteiger partial charge in [0.2, 0.25) is 0 Å². The van der Waals surface area contributed by atoms with E-state index in [0.717, 1.165) is 0 Å². The molecule has 1 heterocycles. The smallest absolute Gasteiger partial charge is 0.292 e. The fraction of sp³-hybridized carbons (Fsp3) is 0.0909. The molecule has 8 heteroatoms. The summed E-state index contributed by atoms with van der Waals surface area (Å²) in [5, 5.41) is 16.8. The van der Waals surface area contributed by atoms with Gasteiger partial charge in [-0.25, -0.2) is 0 Å². The van der Waals surface area contributed by atoms with Gasteiger partial charge in [-0.05, 0) is 12.1 Å². The van der Waals surface area contributed by atoms with Gasteiger partial charge >= 0.3 is 0 Å². The van der Waals surface area contributed by atoms with E-state index in [1.807, 2.05) is 0 Å². The molecule has 0 aliphatic heterocycles. The molecule has 0 aliphatic carbocycles. The van der Waals surface area contributed by atoms with Gasteiger partial charge in [-0.15, -0.1) is 0 Å². The monoisotopic (exact) mass is 262 g/mol. The minimum absolute atomic E-state index is 0.0564. The lowest BCUT2D eigenvalue weighted by Crippen LogP contribution is -2.23. The Kier molecular flexibility index (Phi) is 3.42. The third kappa shape index (κ3) is 2.86. The highest BCUT2D eigenvalue weighted by Gasteiger charge is 2.14. The number of aromatic nitrogens is 1. The van der Waals surface area contributed by atoms with Gasteiger partial charge in [0.1, 0.15) is 17.6 Å². The first kappa shape index (κ1) is 12.6. The highest BCUT2D eigenvalue weighted by Crippen LogP contribution is 2.21. The van der Waals surface area contributed by atoms with Crippen LogP contribution in [0.25, 0.3) is 0 Å². The highest BCUT2D eigenvalue weighted by molar-refractivity contribution is 5.95. The van der Waals surface area contributed by atoms with E-state index in [-0.39, 0.29) is 23.5 Å². The van der Waals surface area contributed by atoms with Crippen molar-refractivity contribution in [1.82, 2.24) is 10.5 Å². The second-order valence-electron chi connectivity index (χ2n) is 3.70. The van der Waals surface area contributed by atoms with Gasteiger partial charge in [0.05, 0.1) is 11.5 Å². The molecule has 0 radical (unpaired) electrons. The molecule has 0 fully saturated rings. The molecule has 0 bridgehead atoms. The van der Waals surface area contributed by atoms with Crippen LogP contribution in [0.15, 0.2) is 35.1 Å². The Bertz CT molecular complexity index is 609. The molecule has 0 saturated heterocycles. The summed E-state index contributed by atoms with van der Waals surface area (Å²) in [5.74, 6) is -0.399. The van der Waals surface area contributed by atoms with E-state index in [9.17, 15) is 14.9 Å². The van der Waals surface area contributed by atoms with Gasteiger partial charge in [-0.1, -0.05) is 5.16 Å². The van der Waals surface area contributed by atoms with E-state index in [4.69, 9.17) is 5.73 Å². The van der Waals surface area contributed by atoms with Crippen molar-refractivity contribution < 1.29 is 14.2 Å². The number of rotatable bonds is 4. The standard InChI is InChI=1S/C11H10N4O4/c12-9-5-7(1-2-10(9)15(17)18)11(16)13-6-8-3-4-19-14-8/h1-5H,6,12H2,(H,13,16). The Hall–Kier alpha value is -2.90. The van der Waals surface area contributed by atoms with Crippen LogP contribution in [0.5, 0.6) is 0 Å². The molecule has 1 aromatic carbocycles. The van der Waals surface area contributed by atoms with Crippen molar-refractivity contribution in [3.8, 4) is 0 Å². The van der Waals surface area contributed by atoms with E-state index in [1.165, 1.54) is 24.5 Å². The predicted octanol–water partition coefficient (Wildman–Crippen LogP) is 1.09. The molecule has 3 N–H and O–H groups in total. The van der Waals surface area contributed by atoms with Crippen molar-refractivity contribution in [2.24, 2.45) is 0 Å². The van der Waals surface area contributed by atoms with Crippen LogP contribution in [0.3, 0.4) is 0 Å². The maximum Gasteiger partial charge on any atom is 0.292 e. The van der Waals surface area contributed by atoms with Gasteiger partial charge in [-0.3, -0.25) is 14.9 Å². The number of nitrogen functional groups attached to an aromatic ring is 1. The van der Waals surface area contributed by atoms with E-state index in [2.05, 4.69) is 15.0 Å². The van der Waals surface area contributed by atoms with E-state index in [0.29, 0.717) is 5.69 Å². The maximum absolute atomic E-state index is 11.8. The summed E-state index contributed by atoms with van der Waals surface area (Å²) in [6, 6.07) is 5.41. The van der Waals surface area contributed by atoms with E-state index >= 15 is 0 Å². The predicted molar refractivity (Wildman–Crippen MR) is 65.2 cm³/mol. The molecular weight excluding hydrogens is 252 g/mol. The van der Waals surface area contributed by atoms with Gasteiger partial charge < -0.3 is 15.6 Å². The molecule has 0 saturated carbocycles. The maximum atomic E-state index is 11.8. The lowest BCUT2D eigenvalue weighted by atomic mass is 10.1. The van der Waals surface area contributed by atoms with Crippen LogP contribution < -0.4 is 11.1 Å². The SMILES string of the molecule is Nc1cc(C(=O)NCc2ccon2)ccc1[N+](=O)[O-]. The molecule has 1 aromatic heterocycles. The molecular formula is C11H10N4O4. The first-order valence-corrected chi connectivity index (χ1v) is 5.29. The minimum atomic E-state index is -0.605. The number of hydrogen-bond donors (Lipinski definition) is 2. The molecule has 1 amide bonds. The van der Waals surface area contributed by atoms with Crippen molar-refractivity contribution >= 4 is 17.3 Å². The van der Waals surface area contributed by atoms with Crippen molar-refractivity contribution in [2.75, 3.05) is 5.73 Å². The lowest BCUT2D eigenvalue weighted by molar-refractivity contribution is -0.383. The Morgan fingerprint density at radius 1 is 1.47 bits per heavy atom. The molecule has 0 spiro atoms. The van der Waals surface area contributed by atoms with Crippen molar-refractivity contribution in [1.29, 1.82) is 0 Å². The van der Waals surface area contributed by atoms with Crippen molar-refractivity contribution in [3.63, 3.8) is 0 Å². The molecule has 19 heavy (non-hydrogen) atoms. The summed E-state index contributed by atoms with van der Waals surface area (Å²) >= 11 is 0. The summed E-state index contributed by atoms with van der Waals surface area (Å²) in [4.78, 5) is 21.8. The molecule has 98 valence electrons. The number of carbonyl (C=O) groups excluding carboxylic acids is 1. The van der Waals surface area contributed by atoms with Gasteiger partial charge in [0.25, 0.3) is 11.6 Å². The number of hydrogen-bond acceptors (Lipinski definition) is 6. The summed E-state index contributed by atoms with van der Waals surface area (Å²) in [6.07, 6.45) is 1.39. The third-order valence-electron chi connectivity index (χ3n) is 2.41. The lowest BCUT2D eigenvalue weighted by Gasteiger charge is -2.04. The molecule has 2 aromatic rings. The number of carbonyl (C=O) groups is 1. The van der Waals surface area contributed by atoms with Crippen molar-refractivity contribution in [2.45, 2.75) is 6.54 Å². The van der Waals surface area contributed by atoms with Crippen LogP contribution in [-0.4, -0.2) is 16.0 Å². The van der Waals surface area contributed by atoms with Crippen molar-refractivity contribution in [3.05, 3.63) is 51.9 Å². The molecule has 0 atom stereocenters. The number of nitrogens with two attached hydrogens (primary N) is 1. The zero-order valence-corrected chi connectivity index (χ0v) is 9.70. The summed E-state index contributed by atoms with van der Waals surface area (Å²) in [6.45, 7) is 0.201. The Balaban J connectivity index is 2.07. The van der Waals surface area contributed by atoms with E-state index in [1.54, 1.807) is 6.07 Å². The highest BCUT2D eigenvalue weighted by atomic mass is 16.6. The number of nitrogens with one attached hydrogen (secondary N) is 1. The zero-order chi connectivity index (χ0) is 13.8. The van der Waals surface area contributed by atoms with Crippen LogP contribution in [-0.2, 0) is 6.54 Å². The first-order chi connectivity index (χ1) is 9.08. The molecule has 8 nitrogen and oxygen atoms in total. The minimum Gasteiger partial charge on any atom is -0.393 e. The number of nitrogens with zero attached hydrogens (tertiary/aromatic N) is 2. The largest absolute Gasteiger partial charge is 0.393 e. The normalized spacial score (nSPS) is 10.1. The second kappa shape index (κ2) is 5.17. The molecule has 0 aliphatic rings. The third-order valence-corrected chi connectivity index (χ3v) is 2.41. The second-order valence-corrected chi connectivity index (χ2v) is 3.70. The summed E-state index contributed by atoms with van der Waals surface area (Å²) in [7, 11) is 0. The summed E-state index contributed by atoms with van der Waals surface area (Å²) in [5.41, 5.74) is 6.03. The van der Waals surface area contributed by atoms with Crippen LogP contribution >= 0.6 is 0 Å². The average molecular weight is 262 g/mol. The van der Waals surface area contributed by atoms with Gasteiger partial charge in [0.15, 0.2) is 0 Å². The van der Waals surface area contributed by atoms with Crippen LogP contribution in [0.4, 0.5) is 11.4 Å². The topological polar surface area (TPSA) is 124 Å². The Morgan fingerprint density at radius 3 is 2.84 bits per heavy atom. The fourth-order valence-corrected chi connectivity index (χ4v) is 1.46. The summed E-state index contributed by atoms with van der Waals surface area (Å²) < 4.78 is 4.62. The molecule has 2 rings (SSSR count). The fourth-order valence-electron chi connectivity index (χ4n) is 1.46. The molecule has 0 unspecified atom stereocenters. The van der Waals surface area contributed by atoms with Crippen LogP contribution in [0, 0.1) is 10.1 Å². The van der Waals surface area contributed by atoms with Crippen LogP contribution in [0.2, 0.25) is 0 Å². The Morgan fingerprint density at radius 2 is 2.26 bits per heavy atom. The van der Waals surface area contributed by atoms with E-state index < -0.39 is 10.8 Å². The zero-order valence-electron chi connectivity index (χ0n) is 9.70. The number of amides is 1. The van der Waals surface area contributed by atoms with Gasteiger partial charge in [-0.2, -0.15) is 0 Å².